The standard InChI is InChI=1S/C15H20N4O3/c1-18-13(12-5-3-2-4-6-12)11-14(17-18)16-15(22)19(7-9-20)8-10-21/h2-6,11,20-21H,7-10H2,1H3,(H,16,17,22). The van der Waals surface area contributed by atoms with Crippen LogP contribution in [-0.4, -0.2) is 57.2 Å². The summed E-state index contributed by atoms with van der Waals surface area (Å²) in [7, 11) is 1.80. The predicted octanol–water partition coefficient (Wildman–Crippen LogP) is 0.906. The average Bonchev–Trinajstić information content (AvgIpc) is 2.88. The average molecular weight is 304 g/mol. The van der Waals surface area contributed by atoms with Crippen molar-refractivity contribution in [2.24, 2.45) is 7.05 Å². The summed E-state index contributed by atoms with van der Waals surface area (Å²) in [5.41, 5.74) is 1.88. The van der Waals surface area contributed by atoms with Gasteiger partial charge in [-0.05, 0) is 5.56 Å². The van der Waals surface area contributed by atoms with Gasteiger partial charge in [-0.25, -0.2) is 4.79 Å². The fraction of sp³-hybridized carbons (Fsp3) is 0.333. The molecule has 0 bridgehead atoms. The molecule has 1 heterocycles. The van der Waals surface area contributed by atoms with Crippen LogP contribution < -0.4 is 5.32 Å². The zero-order valence-corrected chi connectivity index (χ0v) is 12.4. The van der Waals surface area contributed by atoms with Crippen LogP contribution in [0, 0.1) is 0 Å². The third-order valence-corrected chi connectivity index (χ3v) is 3.21. The lowest BCUT2D eigenvalue weighted by Crippen LogP contribution is -2.39. The van der Waals surface area contributed by atoms with Crippen molar-refractivity contribution in [2.45, 2.75) is 0 Å². The molecule has 2 amide bonds. The number of nitrogens with zero attached hydrogens (tertiary/aromatic N) is 3. The number of amides is 2. The van der Waals surface area contributed by atoms with E-state index in [1.165, 1.54) is 4.90 Å². The molecule has 1 aromatic heterocycles. The van der Waals surface area contributed by atoms with E-state index in [2.05, 4.69) is 10.4 Å². The normalized spacial score (nSPS) is 10.5. The zero-order valence-electron chi connectivity index (χ0n) is 12.4. The van der Waals surface area contributed by atoms with Gasteiger partial charge < -0.3 is 15.1 Å². The summed E-state index contributed by atoms with van der Waals surface area (Å²) in [6.07, 6.45) is 0. The molecule has 0 unspecified atom stereocenters. The first kappa shape index (κ1) is 16.0. The van der Waals surface area contributed by atoms with Gasteiger partial charge in [0.1, 0.15) is 0 Å². The van der Waals surface area contributed by atoms with Crippen LogP contribution in [0.15, 0.2) is 36.4 Å². The molecule has 2 aromatic rings. The van der Waals surface area contributed by atoms with E-state index in [0.717, 1.165) is 11.3 Å². The first-order chi connectivity index (χ1) is 10.7. The predicted molar refractivity (Wildman–Crippen MR) is 83.4 cm³/mol. The summed E-state index contributed by atoms with van der Waals surface area (Å²) in [6, 6.07) is 11.1. The van der Waals surface area contributed by atoms with Gasteiger partial charge in [0.25, 0.3) is 0 Å². The molecular weight excluding hydrogens is 284 g/mol. The molecule has 7 heteroatoms. The molecule has 7 nitrogen and oxygen atoms in total. The van der Waals surface area contributed by atoms with Crippen molar-refractivity contribution in [3.8, 4) is 11.3 Å². The van der Waals surface area contributed by atoms with Crippen molar-refractivity contribution in [1.29, 1.82) is 0 Å². The maximum Gasteiger partial charge on any atom is 0.323 e. The summed E-state index contributed by atoms with van der Waals surface area (Å²) in [4.78, 5) is 13.4. The van der Waals surface area contributed by atoms with Gasteiger partial charge >= 0.3 is 6.03 Å². The fourth-order valence-corrected chi connectivity index (χ4v) is 2.15. The lowest BCUT2D eigenvalue weighted by molar-refractivity contribution is 0.167. The van der Waals surface area contributed by atoms with Crippen LogP contribution in [-0.2, 0) is 7.05 Å². The molecule has 1 aromatic carbocycles. The van der Waals surface area contributed by atoms with Crippen LogP contribution >= 0.6 is 0 Å². The van der Waals surface area contributed by atoms with Gasteiger partial charge in [0.2, 0.25) is 0 Å². The number of anilines is 1. The topological polar surface area (TPSA) is 90.6 Å². The smallest absolute Gasteiger partial charge is 0.323 e. The first-order valence-corrected chi connectivity index (χ1v) is 7.03. The molecule has 2 rings (SSSR count). The molecule has 0 fully saturated rings. The third-order valence-electron chi connectivity index (χ3n) is 3.21. The van der Waals surface area contributed by atoms with Gasteiger partial charge in [0.05, 0.1) is 18.9 Å². The minimum absolute atomic E-state index is 0.158. The number of urea groups is 1. The van der Waals surface area contributed by atoms with E-state index in [1.807, 2.05) is 30.3 Å². The number of nitrogens with one attached hydrogen (secondary N) is 1. The van der Waals surface area contributed by atoms with Gasteiger partial charge in [-0.3, -0.25) is 10.00 Å². The summed E-state index contributed by atoms with van der Waals surface area (Å²) < 4.78 is 1.69. The number of hydrogen-bond acceptors (Lipinski definition) is 4. The maximum atomic E-state index is 12.1. The molecular formula is C15H20N4O3. The quantitative estimate of drug-likeness (QED) is 0.740. The van der Waals surface area contributed by atoms with Crippen LogP contribution in [0.25, 0.3) is 11.3 Å². The number of aromatic nitrogens is 2. The second-order valence-electron chi connectivity index (χ2n) is 4.77. The number of aryl methyl sites for hydroxylation is 1. The molecule has 118 valence electrons. The third kappa shape index (κ3) is 3.84. The molecule has 0 saturated carbocycles. The highest BCUT2D eigenvalue weighted by molar-refractivity contribution is 5.89. The Bertz CT molecular complexity index is 607. The summed E-state index contributed by atoms with van der Waals surface area (Å²) in [6.45, 7) is -0.00859. The Kier molecular flexibility index (Phi) is 5.51. The fourth-order valence-electron chi connectivity index (χ4n) is 2.15. The Hall–Kier alpha value is -2.38. The minimum Gasteiger partial charge on any atom is -0.395 e. The van der Waals surface area contributed by atoms with Gasteiger partial charge in [-0.1, -0.05) is 30.3 Å². The Morgan fingerprint density at radius 3 is 2.45 bits per heavy atom. The molecule has 0 saturated heterocycles. The lowest BCUT2D eigenvalue weighted by Gasteiger charge is -2.20. The first-order valence-electron chi connectivity index (χ1n) is 7.03. The molecule has 0 atom stereocenters. The van der Waals surface area contributed by atoms with Crippen LogP contribution in [0.2, 0.25) is 0 Å². The summed E-state index contributed by atoms with van der Waals surface area (Å²) >= 11 is 0. The van der Waals surface area contributed by atoms with Crippen molar-refractivity contribution >= 4 is 11.8 Å². The molecule has 0 aliphatic carbocycles. The Morgan fingerprint density at radius 1 is 1.23 bits per heavy atom. The highest BCUT2D eigenvalue weighted by Gasteiger charge is 2.15. The monoisotopic (exact) mass is 304 g/mol. The van der Waals surface area contributed by atoms with E-state index < -0.39 is 6.03 Å². The van der Waals surface area contributed by atoms with Crippen molar-refractivity contribution in [3.05, 3.63) is 36.4 Å². The zero-order chi connectivity index (χ0) is 15.9. The van der Waals surface area contributed by atoms with Crippen LogP contribution in [0.1, 0.15) is 0 Å². The van der Waals surface area contributed by atoms with E-state index in [9.17, 15) is 4.79 Å². The highest BCUT2D eigenvalue weighted by atomic mass is 16.3. The second kappa shape index (κ2) is 7.58. The Morgan fingerprint density at radius 2 is 1.86 bits per heavy atom. The van der Waals surface area contributed by atoms with E-state index >= 15 is 0 Å². The van der Waals surface area contributed by atoms with Crippen molar-refractivity contribution in [2.75, 3.05) is 31.6 Å². The Balaban J connectivity index is 2.12. The molecule has 0 spiro atoms. The van der Waals surface area contributed by atoms with E-state index in [1.54, 1.807) is 17.8 Å². The number of benzene rings is 1. The molecule has 3 N–H and O–H groups in total. The molecule has 22 heavy (non-hydrogen) atoms. The molecule has 0 radical (unpaired) electrons. The van der Waals surface area contributed by atoms with Crippen LogP contribution in [0.3, 0.4) is 0 Å². The summed E-state index contributed by atoms with van der Waals surface area (Å²) in [5, 5.41) is 24.8. The van der Waals surface area contributed by atoms with Crippen molar-refractivity contribution in [3.63, 3.8) is 0 Å². The summed E-state index contributed by atoms with van der Waals surface area (Å²) in [5.74, 6) is 0.423. The number of hydrogen-bond donors (Lipinski definition) is 3. The highest BCUT2D eigenvalue weighted by Crippen LogP contribution is 2.21. The number of carbonyl (C=O) groups excluding carboxylic acids is 1. The van der Waals surface area contributed by atoms with Gasteiger partial charge in [0, 0.05) is 26.2 Å². The van der Waals surface area contributed by atoms with Crippen LogP contribution in [0.5, 0.6) is 0 Å². The van der Waals surface area contributed by atoms with E-state index in [0.29, 0.717) is 5.82 Å². The maximum absolute atomic E-state index is 12.1. The number of aliphatic hydroxyl groups excluding tert-OH is 2. The van der Waals surface area contributed by atoms with Crippen molar-refractivity contribution in [1.82, 2.24) is 14.7 Å². The van der Waals surface area contributed by atoms with Crippen LogP contribution in [0.4, 0.5) is 10.6 Å². The van der Waals surface area contributed by atoms with E-state index in [4.69, 9.17) is 10.2 Å². The van der Waals surface area contributed by atoms with Gasteiger partial charge in [0.15, 0.2) is 5.82 Å². The second-order valence-corrected chi connectivity index (χ2v) is 4.77. The molecule has 0 aliphatic rings. The number of rotatable bonds is 6. The minimum atomic E-state index is -0.402. The Labute approximate surface area is 128 Å². The van der Waals surface area contributed by atoms with Gasteiger partial charge in [-0.2, -0.15) is 5.10 Å². The number of carbonyl (C=O) groups is 1. The largest absolute Gasteiger partial charge is 0.395 e. The van der Waals surface area contributed by atoms with Gasteiger partial charge in [-0.15, -0.1) is 0 Å². The lowest BCUT2D eigenvalue weighted by atomic mass is 10.1. The molecule has 0 aliphatic heterocycles. The van der Waals surface area contributed by atoms with E-state index in [-0.39, 0.29) is 26.3 Å². The van der Waals surface area contributed by atoms with Crippen molar-refractivity contribution < 1.29 is 15.0 Å². The SMILES string of the molecule is Cn1nc(NC(=O)N(CCO)CCO)cc1-c1ccccc1. The number of aliphatic hydroxyl groups is 2.